The molecule has 2 saturated heterocycles. The Bertz CT molecular complexity index is 3990. The topological polar surface area (TPSA) is 160 Å². The Balaban J connectivity index is 0.000000248. The van der Waals surface area contributed by atoms with Crippen molar-refractivity contribution in [2.24, 2.45) is 0 Å². The van der Waals surface area contributed by atoms with Gasteiger partial charge >= 0.3 is 147 Å². The van der Waals surface area contributed by atoms with Gasteiger partial charge in [-0.15, -0.1) is 0 Å². The number of aromatic nitrogens is 5. The van der Waals surface area contributed by atoms with E-state index in [9.17, 15) is 0 Å². The summed E-state index contributed by atoms with van der Waals surface area (Å²) in [6.45, 7) is 42.2. The standard InChI is InChI=1S/2C21H27N2.3C10H15NO3.2C7H6.2C5H5N.4ClH.2Ru/c2*1-14-9-16(3)20(17(4)10-14)22-7-8-23(13-22)21-18(5)11-15(2)12-19(21)6;3*1-12-6-7-13-8-9-14-10-2-4-11-5-3-10;2*1-7-5-3-2-4-6-7;2*1-2-4-6-5-3-1;;;;;;/h2*9-13H,7-8H2,1-6H3;3*2-5H,6-9H2,1H3;2*1-6H;2*1-5H;4*1H;;/q2*-1;;;;;;;;;;;;2*+2/p-4. The number of aryl methyl sites for hydroxylation is 12. The van der Waals surface area contributed by atoms with Gasteiger partial charge in [0.25, 0.3) is 0 Å². The number of rotatable bonds is 27. The molecular formula is C96H121Cl4N9O9Ru2-2. The van der Waals surface area contributed by atoms with Crippen molar-refractivity contribution >= 4 is 70.7 Å². The Morgan fingerprint density at radius 2 is 0.492 bits per heavy atom. The predicted molar refractivity (Wildman–Crippen MR) is 493 cm³/mol. The Labute approximate surface area is 741 Å². The molecule has 650 valence electrons. The number of halogens is 4. The van der Waals surface area contributed by atoms with Crippen LogP contribution < -0.4 is 33.8 Å². The van der Waals surface area contributed by atoms with E-state index >= 15 is 0 Å². The molecule has 2 aliphatic heterocycles. The minimum Gasteiger partial charge on any atom is -0.265 e. The molecular weight excluding hydrogens is 1770 g/mol. The van der Waals surface area contributed by atoms with Crippen molar-refractivity contribution in [2.75, 3.05) is 146 Å². The van der Waals surface area contributed by atoms with Crippen molar-refractivity contribution in [1.29, 1.82) is 0 Å². The third-order valence-electron chi connectivity index (χ3n) is 17.3. The molecule has 0 N–H and O–H groups in total. The fourth-order valence-electron chi connectivity index (χ4n) is 12.7. The van der Waals surface area contributed by atoms with Crippen molar-refractivity contribution < 1.29 is 69.7 Å². The van der Waals surface area contributed by atoms with Crippen LogP contribution in [0.15, 0.2) is 244 Å². The number of ether oxygens (including phenoxy) is 9. The SMILES string of the molecule is COCCOCCOc1ccncc1.COCCOCCOc1ccncc1.COCCOCCOc1ccncc1.Cc1cc(C)c(N2[CH-]N(c3c(C)cc(C)cc3C)CC2)c(C)c1.Cc1cc(C)c(N2[CH-]N(c3c(C)cc(C)cc3C)CC2)c(C)c1.[Cl][Ru]([Cl])=[CH]c1ccccc1.[Cl][Ru]([Cl])=[CH]c1ccccc1.c1ccncc1.c1ccncc1. The molecule has 6 aromatic carbocycles. The summed E-state index contributed by atoms with van der Waals surface area (Å²) in [6.07, 6.45) is 17.2. The van der Waals surface area contributed by atoms with Gasteiger partial charge in [-0.3, -0.25) is 24.9 Å². The molecule has 120 heavy (non-hydrogen) atoms. The number of pyridine rings is 5. The Hall–Kier alpha value is -8.42. The van der Waals surface area contributed by atoms with E-state index in [2.05, 4.69) is 189 Å². The molecule has 5 aromatic heterocycles. The van der Waals surface area contributed by atoms with Crippen LogP contribution in [-0.2, 0) is 55.5 Å². The zero-order valence-corrected chi connectivity index (χ0v) is 78.6. The summed E-state index contributed by atoms with van der Waals surface area (Å²) < 4.78 is 50.2. The summed E-state index contributed by atoms with van der Waals surface area (Å²) >= 11 is -3.23. The molecule has 0 spiro atoms. The maximum absolute atomic E-state index is 5.67. The van der Waals surface area contributed by atoms with Gasteiger partial charge in [-0.05, 0) is 188 Å². The molecule has 0 atom stereocenters. The van der Waals surface area contributed by atoms with E-state index in [1.165, 1.54) is 89.5 Å². The first kappa shape index (κ1) is 102. The first-order valence-electron chi connectivity index (χ1n) is 39.4. The van der Waals surface area contributed by atoms with Gasteiger partial charge in [0.15, 0.2) is 0 Å². The quantitative estimate of drug-likeness (QED) is 0.0271. The minimum atomic E-state index is -1.61. The predicted octanol–water partition coefficient (Wildman–Crippen LogP) is 21.0. The van der Waals surface area contributed by atoms with E-state index in [1.807, 2.05) is 143 Å². The number of benzene rings is 6. The van der Waals surface area contributed by atoms with E-state index in [0.29, 0.717) is 79.3 Å². The van der Waals surface area contributed by atoms with Gasteiger partial charge in [-0.25, -0.2) is 0 Å². The summed E-state index contributed by atoms with van der Waals surface area (Å²) in [6, 6.07) is 60.3. The Morgan fingerprint density at radius 1 is 0.283 bits per heavy atom. The maximum Gasteiger partial charge on any atom is 0.0267 e. The molecule has 18 nitrogen and oxygen atoms in total. The van der Waals surface area contributed by atoms with Gasteiger partial charge in [0.1, 0.15) is 37.1 Å². The molecule has 7 heterocycles. The smallest absolute Gasteiger partial charge is 0.0267 e. The van der Waals surface area contributed by atoms with Crippen LogP contribution in [0.5, 0.6) is 17.2 Å². The van der Waals surface area contributed by atoms with E-state index in [1.54, 1.807) is 83.3 Å². The second-order valence-corrected chi connectivity index (χ2v) is 38.8. The molecule has 13 rings (SSSR count). The maximum atomic E-state index is 5.67. The molecule has 0 amide bonds. The molecule has 11 aromatic rings. The number of hydrogen-bond donors (Lipinski definition) is 0. The van der Waals surface area contributed by atoms with Crippen LogP contribution in [0.4, 0.5) is 22.7 Å². The first-order valence-corrected chi connectivity index (χ1v) is 50.4. The van der Waals surface area contributed by atoms with Crippen LogP contribution in [0.2, 0.25) is 0 Å². The Kier molecular flexibility index (Phi) is 52.6. The van der Waals surface area contributed by atoms with Crippen molar-refractivity contribution in [1.82, 2.24) is 24.9 Å². The molecule has 0 saturated carbocycles. The second-order valence-electron chi connectivity index (χ2n) is 27.4. The monoisotopic (exact) mass is 1890 g/mol. The van der Waals surface area contributed by atoms with E-state index < -0.39 is 27.0 Å². The third kappa shape index (κ3) is 42.9. The van der Waals surface area contributed by atoms with Gasteiger partial charge in [0, 0.05) is 132 Å². The van der Waals surface area contributed by atoms with Gasteiger partial charge in [-0.1, -0.05) is 82.9 Å². The summed E-state index contributed by atoms with van der Waals surface area (Å²) in [5, 5.41) is 0. The summed E-state index contributed by atoms with van der Waals surface area (Å²) in [5.74, 6) is 2.45. The number of hydrogen-bond acceptors (Lipinski definition) is 18. The van der Waals surface area contributed by atoms with Gasteiger partial charge in [0.2, 0.25) is 0 Å². The van der Waals surface area contributed by atoms with Crippen LogP contribution in [0.25, 0.3) is 0 Å². The van der Waals surface area contributed by atoms with Crippen molar-refractivity contribution in [3.8, 4) is 17.2 Å². The summed E-state index contributed by atoms with van der Waals surface area (Å²) in [7, 11) is 27.6. The molecule has 2 aliphatic rings. The fourth-order valence-corrected chi connectivity index (χ4v) is 16.4. The summed E-state index contributed by atoms with van der Waals surface area (Å²) in [4.78, 5) is 28.9. The average molecular weight is 1890 g/mol. The van der Waals surface area contributed by atoms with Crippen molar-refractivity contribution in [2.45, 2.75) is 83.1 Å². The molecule has 0 bridgehead atoms. The third-order valence-corrected chi connectivity index (χ3v) is 21.0. The van der Waals surface area contributed by atoms with Crippen LogP contribution >= 0.6 is 38.8 Å². The first-order chi connectivity index (χ1) is 58.1. The van der Waals surface area contributed by atoms with Crippen molar-refractivity contribution in [3.63, 3.8) is 0 Å². The molecule has 24 heteroatoms. The molecule has 0 aliphatic carbocycles. The fraction of sp³-hybridized carbons (Fsp3) is 0.323. The van der Waals surface area contributed by atoms with Crippen LogP contribution in [0.1, 0.15) is 77.9 Å². The van der Waals surface area contributed by atoms with Gasteiger partial charge < -0.3 is 62.2 Å². The molecule has 0 unspecified atom stereocenters. The van der Waals surface area contributed by atoms with Gasteiger partial charge in [0.05, 0.1) is 59.5 Å². The van der Waals surface area contributed by atoms with Crippen molar-refractivity contribution in [3.05, 3.63) is 335 Å². The number of methoxy groups -OCH3 is 3. The normalized spacial score (nSPS) is 11.8. The van der Waals surface area contributed by atoms with E-state index in [0.717, 1.165) is 54.6 Å². The second kappa shape index (κ2) is 61.8. The van der Waals surface area contributed by atoms with Gasteiger partial charge in [-0.2, -0.15) is 13.3 Å². The Morgan fingerprint density at radius 3 is 0.683 bits per heavy atom. The molecule has 2 fully saturated rings. The minimum absolute atomic E-state index is 0.549. The van der Waals surface area contributed by atoms with Crippen LogP contribution in [0.3, 0.4) is 0 Å². The van der Waals surface area contributed by atoms with E-state index in [-0.39, 0.29) is 0 Å². The number of anilines is 4. The number of nitrogens with zero attached hydrogens (tertiary/aromatic N) is 9. The zero-order valence-electron chi connectivity index (χ0n) is 72.1. The zero-order chi connectivity index (χ0) is 86.9. The average Bonchev–Trinajstić information content (AvgIpc) is 1.65. The largest absolute Gasteiger partial charge is 0.265 e. The molecule has 0 radical (unpaired) electrons. The van der Waals surface area contributed by atoms with Crippen LogP contribution in [-0.4, -0.2) is 161 Å². The summed E-state index contributed by atoms with van der Waals surface area (Å²) in [5.41, 5.74) is 23.9. The van der Waals surface area contributed by atoms with Crippen LogP contribution in [0, 0.1) is 96.4 Å². The van der Waals surface area contributed by atoms with E-state index in [4.69, 9.17) is 81.4 Å².